The van der Waals surface area contributed by atoms with Crippen molar-refractivity contribution in [1.29, 1.82) is 0 Å². The summed E-state index contributed by atoms with van der Waals surface area (Å²) in [6, 6.07) is 2.61. The lowest BCUT2D eigenvalue weighted by molar-refractivity contribution is -0.384. The zero-order valence-electron chi connectivity index (χ0n) is 7.35. The molecule has 0 heterocycles. The van der Waals surface area contributed by atoms with E-state index in [4.69, 9.17) is 10.8 Å². The topological polar surface area (TPSA) is 106 Å². The summed E-state index contributed by atoms with van der Waals surface area (Å²) in [6.45, 7) is 1.50. The number of nitro groups is 1. The predicted octanol–water partition coefficient (Wildman–Crippen LogP) is 1.18. The molecule has 0 saturated carbocycles. The highest BCUT2D eigenvalue weighted by molar-refractivity contribution is 5.96. The number of anilines is 1. The number of aryl methyl sites for hydroxylation is 1. The monoisotopic (exact) mass is 196 g/mol. The van der Waals surface area contributed by atoms with Gasteiger partial charge in [-0.1, -0.05) is 6.07 Å². The second kappa shape index (κ2) is 3.33. The highest BCUT2D eigenvalue weighted by Gasteiger charge is 2.21. The highest BCUT2D eigenvalue weighted by atomic mass is 16.6. The van der Waals surface area contributed by atoms with Crippen molar-refractivity contribution in [2.45, 2.75) is 6.92 Å². The summed E-state index contributed by atoms with van der Waals surface area (Å²) in [7, 11) is 0. The molecule has 1 aromatic carbocycles. The van der Waals surface area contributed by atoms with Gasteiger partial charge in [-0.15, -0.1) is 0 Å². The minimum Gasteiger partial charge on any atom is -0.478 e. The molecule has 0 aliphatic carbocycles. The summed E-state index contributed by atoms with van der Waals surface area (Å²) >= 11 is 0. The molecule has 0 unspecified atom stereocenters. The van der Waals surface area contributed by atoms with E-state index in [0.29, 0.717) is 5.56 Å². The minimum atomic E-state index is -1.27. The van der Waals surface area contributed by atoms with E-state index >= 15 is 0 Å². The van der Waals surface area contributed by atoms with Crippen LogP contribution in [0.2, 0.25) is 0 Å². The highest BCUT2D eigenvalue weighted by Crippen LogP contribution is 2.28. The molecule has 1 aromatic rings. The van der Waals surface area contributed by atoms with Crippen LogP contribution in [0.3, 0.4) is 0 Å². The molecule has 3 N–H and O–H groups in total. The number of carboxylic acids is 1. The van der Waals surface area contributed by atoms with Gasteiger partial charge in [0, 0.05) is 5.56 Å². The molecule has 0 aromatic heterocycles. The van der Waals surface area contributed by atoms with Gasteiger partial charge >= 0.3 is 5.97 Å². The Balaban J connectivity index is 3.49. The Kier molecular flexibility index (Phi) is 2.37. The fraction of sp³-hybridized carbons (Fsp3) is 0.125. The van der Waals surface area contributed by atoms with Gasteiger partial charge in [-0.3, -0.25) is 10.1 Å². The van der Waals surface area contributed by atoms with Crippen molar-refractivity contribution in [2.24, 2.45) is 0 Å². The van der Waals surface area contributed by atoms with Crippen LogP contribution >= 0.6 is 0 Å². The minimum absolute atomic E-state index is 0.248. The molecular weight excluding hydrogens is 188 g/mol. The van der Waals surface area contributed by atoms with Gasteiger partial charge in [0.25, 0.3) is 5.69 Å². The quantitative estimate of drug-likeness (QED) is 0.419. The largest absolute Gasteiger partial charge is 0.478 e. The van der Waals surface area contributed by atoms with Crippen molar-refractivity contribution in [3.05, 3.63) is 33.4 Å². The van der Waals surface area contributed by atoms with E-state index in [2.05, 4.69) is 0 Å². The maximum atomic E-state index is 10.6. The number of rotatable bonds is 2. The van der Waals surface area contributed by atoms with Crippen LogP contribution < -0.4 is 5.73 Å². The first-order chi connectivity index (χ1) is 6.45. The molecule has 0 aliphatic rings. The number of nitrogen functional groups attached to an aromatic ring is 1. The van der Waals surface area contributed by atoms with Crippen LogP contribution in [0.15, 0.2) is 12.1 Å². The van der Waals surface area contributed by atoms with Crippen molar-refractivity contribution in [2.75, 3.05) is 5.73 Å². The summed E-state index contributed by atoms with van der Waals surface area (Å²) in [5.41, 5.74) is 4.81. The van der Waals surface area contributed by atoms with E-state index in [-0.39, 0.29) is 16.9 Å². The molecular formula is C8H8N2O4. The second-order valence-electron chi connectivity index (χ2n) is 2.75. The van der Waals surface area contributed by atoms with Crippen molar-refractivity contribution < 1.29 is 14.8 Å². The Hall–Kier alpha value is -2.11. The Morgan fingerprint density at radius 3 is 2.57 bits per heavy atom. The van der Waals surface area contributed by atoms with Crippen LogP contribution in [0.4, 0.5) is 11.4 Å². The summed E-state index contributed by atoms with van der Waals surface area (Å²) in [5.74, 6) is -1.27. The third-order valence-corrected chi connectivity index (χ3v) is 1.83. The lowest BCUT2D eigenvalue weighted by atomic mass is 10.1. The first-order valence-corrected chi connectivity index (χ1v) is 3.72. The number of hydrogen-bond donors (Lipinski definition) is 2. The van der Waals surface area contributed by atoms with Gasteiger partial charge < -0.3 is 10.8 Å². The molecule has 74 valence electrons. The van der Waals surface area contributed by atoms with Gasteiger partial charge in [0.05, 0.1) is 10.5 Å². The Morgan fingerprint density at radius 2 is 2.14 bits per heavy atom. The molecule has 0 saturated heterocycles. The van der Waals surface area contributed by atoms with E-state index in [1.165, 1.54) is 19.1 Å². The first-order valence-electron chi connectivity index (χ1n) is 3.72. The molecule has 1 rings (SSSR count). The van der Waals surface area contributed by atoms with Crippen molar-refractivity contribution >= 4 is 17.3 Å². The lowest BCUT2D eigenvalue weighted by Gasteiger charge is -2.03. The molecule has 0 amide bonds. The van der Waals surface area contributed by atoms with Crippen LogP contribution in [-0.2, 0) is 0 Å². The number of carbonyl (C=O) groups is 1. The number of benzene rings is 1. The van der Waals surface area contributed by atoms with Crippen LogP contribution in [0, 0.1) is 17.0 Å². The smallest absolute Gasteiger partial charge is 0.338 e. The fourth-order valence-electron chi connectivity index (χ4n) is 1.15. The van der Waals surface area contributed by atoms with Crippen LogP contribution in [0.1, 0.15) is 15.9 Å². The third-order valence-electron chi connectivity index (χ3n) is 1.83. The number of nitrogens with two attached hydrogens (primary N) is 1. The van der Waals surface area contributed by atoms with E-state index in [9.17, 15) is 14.9 Å². The van der Waals surface area contributed by atoms with Gasteiger partial charge in [-0.25, -0.2) is 4.79 Å². The zero-order valence-corrected chi connectivity index (χ0v) is 7.35. The number of aromatic carboxylic acids is 1. The fourth-order valence-corrected chi connectivity index (χ4v) is 1.15. The van der Waals surface area contributed by atoms with E-state index in [0.717, 1.165) is 0 Å². The van der Waals surface area contributed by atoms with Gasteiger partial charge in [-0.05, 0) is 13.0 Å². The predicted molar refractivity (Wildman–Crippen MR) is 49.2 cm³/mol. The molecule has 6 heteroatoms. The van der Waals surface area contributed by atoms with Crippen LogP contribution in [0.5, 0.6) is 0 Å². The van der Waals surface area contributed by atoms with Gasteiger partial charge in [0.15, 0.2) is 0 Å². The Labute approximate surface area is 79.1 Å². The number of hydrogen-bond acceptors (Lipinski definition) is 4. The van der Waals surface area contributed by atoms with Crippen molar-refractivity contribution in [1.82, 2.24) is 0 Å². The molecule has 0 fully saturated rings. The van der Waals surface area contributed by atoms with E-state index in [1.54, 1.807) is 0 Å². The van der Waals surface area contributed by atoms with Crippen LogP contribution in [-0.4, -0.2) is 16.0 Å². The molecule has 0 radical (unpaired) electrons. The SMILES string of the molecule is Cc1ccc(C(=O)O)c(N)c1[N+](=O)[O-]. The maximum Gasteiger partial charge on any atom is 0.338 e. The summed E-state index contributed by atoms with van der Waals surface area (Å²) in [6.07, 6.45) is 0. The van der Waals surface area contributed by atoms with Gasteiger partial charge in [0.1, 0.15) is 5.69 Å². The number of nitro benzene ring substituents is 1. The van der Waals surface area contributed by atoms with E-state index < -0.39 is 10.9 Å². The lowest BCUT2D eigenvalue weighted by Crippen LogP contribution is -2.06. The summed E-state index contributed by atoms with van der Waals surface area (Å²) in [4.78, 5) is 20.5. The number of carboxylic acid groups (broad SMARTS) is 1. The first kappa shape index (κ1) is 9.97. The Bertz CT molecular complexity index is 414. The molecule has 14 heavy (non-hydrogen) atoms. The maximum absolute atomic E-state index is 10.6. The van der Waals surface area contributed by atoms with Gasteiger partial charge in [0.2, 0.25) is 0 Å². The normalized spacial score (nSPS) is 9.79. The second-order valence-corrected chi connectivity index (χ2v) is 2.75. The summed E-state index contributed by atoms with van der Waals surface area (Å²) < 4.78 is 0. The van der Waals surface area contributed by atoms with Crippen LogP contribution in [0.25, 0.3) is 0 Å². The number of nitrogens with zero attached hydrogens (tertiary/aromatic N) is 1. The average molecular weight is 196 g/mol. The molecule has 0 aliphatic heterocycles. The third kappa shape index (κ3) is 1.49. The average Bonchev–Trinajstić information content (AvgIpc) is 2.02. The molecule has 6 nitrogen and oxygen atoms in total. The van der Waals surface area contributed by atoms with Crippen molar-refractivity contribution in [3.63, 3.8) is 0 Å². The molecule has 0 bridgehead atoms. The van der Waals surface area contributed by atoms with E-state index in [1.807, 2.05) is 0 Å². The molecule has 0 spiro atoms. The van der Waals surface area contributed by atoms with Gasteiger partial charge in [-0.2, -0.15) is 0 Å². The standard InChI is InChI=1S/C8H8N2O4/c1-4-2-3-5(8(11)12)6(9)7(4)10(13)14/h2-3H,9H2,1H3,(H,11,12). The van der Waals surface area contributed by atoms with Crippen molar-refractivity contribution in [3.8, 4) is 0 Å². The zero-order chi connectivity index (χ0) is 10.9. The molecule has 0 atom stereocenters. The Morgan fingerprint density at radius 1 is 1.57 bits per heavy atom. The summed E-state index contributed by atoms with van der Waals surface area (Å²) in [5, 5.41) is 19.2.